The molecule has 0 heterocycles. The predicted molar refractivity (Wildman–Crippen MR) is 35.4 cm³/mol. The molecule has 0 aliphatic heterocycles. The smallest absolute Gasteiger partial charge is 0.355 e. The fourth-order valence-corrected chi connectivity index (χ4v) is 0.687. The molecule has 1 rings (SSSR count). The molecule has 3 heteroatoms. The quantitative estimate of drug-likeness (QED) is 0.526. The molecule has 1 nitrogen and oxygen atoms in total. The van der Waals surface area contributed by atoms with E-state index in [1.54, 1.807) is 13.0 Å². The molecule has 0 aromatic heterocycles. The van der Waals surface area contributed by atoms with E-state index in [0.29, 0.717) is 6.29 Å². The summed E-state index contributed by atoms with van der Waals surface area (Å²) < 4.78 is 12.5. The SMILES string of the molecule is Cc1[c-]c(C=O)c(F)cc1.[Y+3]. The molecule has 0 radical (unpaired) electrons. The molecule has 0 aliphatic rings. The summed E-state index contributed by atoms with van der Waals surface area (Å²) in [5, 5.41) is 0. The first-order chi connectivity index (χ1) is 4.74. The first-order valence-corrected chi connectivity index (χ1v) is 2.87. The summed E-state index contributed by atoms with van der Waals surface area (Å²) in [6.07, 6.45) is 0.461. The molecule has 0 atom stereocenters. The van der Waals surface area contributed by atoms with Crippen LogP contribution < -0.4 is 0 Å². The van der Waals surface area contributed by atoms with Gasteiger partial charge < -0.3 is 4.79 Å². The van der Waals surface area contributed by atoms with Crippen molar-refractivity contribution in [2.45, 2.75) is 6.92 Å². The van der Waals surface area contributed by atoms with Crippen molar-refractivity contribution in [3.05, 3.63) is 35.1 Å². The number of rotatable bonds is 1. The zero-order valence-electron chi connectivity index (χ0n) is 6.10. The fraction of sp³-hybridized carbons (Fsp3) is 0.125. The third kappa shape index (κ3) is 2.80. The van der Waals surface area contributed by atoms with Crippen LogP contribution in [0, 0.1) is 18.8 Å². The van der Waals surface area contributed by atoms with Crippen LogP contribution in [-0.4, -0.2) is 6.29 Å². The number of carbonyl (C=O) groups is 1. The van der Waals surface area contributed by atoms with E-state index in [1.807, 2.05) is 0 Å². The van der Waals surface area contributed by atoms with Gasteiger partial charge in [-0.15, -0.1) is 23.8 Å². The van der Waals surface area contributed by atoms with Gasteiger partial charge in [0.1, 0.15) is 0 Å². The molecule has 0 saturated heterocycles. The van der Waals surface area contributed by atoms with E-state index in [-0.39, 0.29) is 38.3 Å². The molecule has 0 unspecified atom stereocenters. The van der Waals surface area contributed by atoms with Gasteiger partial charge in [0, 0.05) is 5.82 Å². The molecular weight excluding hydrogens is 220 g/mol. The normalized spacial score (nSPS) is 8.55. The van der Waals surface area contributed by atoms with Crippen LogP contribution in [0.15, 0.2) is 12.1 Å². The Kier molecular flexibility index (Phi) is 4.70. The van der Waals surface area contributed by atoms with Crippen molar-refractivity contribution in [3.63, 3.8) is 0 Å². The van der Waals surface area contributed by atoms with Crippen molar-refractivity contribution in [2.75, 3.05) is 0 Å². The summed E-state index contributed by atoms with van der Waals surface area (Å²) in [7, 11) is 0. The van der Waals surface area contributed by atoms with Crippen LogP contribution in [0.2, 0.25) is 0 Å². The summed E-state index contributed by atoms with van der Waals surface area (Å²) in [5.74, 6) is -0.513. The minimum Gasteiger partial charge on any atom is -0.355 e. The van der Waals surface area contributed by atoms with E-state index in [9.17, 15) is 9.18 Å². The molecule has 52 valence electrons. The van der Waals surface area contributed by atoms with Gasteiger partial charge in [-0.05, 0) is 0 Å². The van der Waals surface area contributed by atoms with Crippen molar-refractivity contribution in [3.8, 4) is 0 Å². The topological polar surface area (TPSA) is 17.1 Å². The summed E-state index contributed by atoms with van der Waals surface area (Å²) in [4.78, 5) is 10.1. The van der Waals surface area contributed by atoms with Crippen LogP contribution in [-0.2, 0) is 32.7 Å². The molecule has 0 N–H and O–H groups in total. The van der Waals surface area contributed by atoms with Gasteiger partial charge in [-0.2, -0.15) is 0 Å². The van der Waals surface area contributed by atoms with Gasteiger partial charge >= 0.3 is 32.7 Å². The third-order valence-electron chi connectivity index (χ3n) is 1.19. The number of hydrogen-bond donors (Lipinski definition) is 0. The fourth-order valence-electron chi connectivity index (χ4n) is 0.687. The van der Waals surface area contributed by atoms with Gasteiger partial charge in [0.2, 0.25) is 0 Å². The molecule has 0 saturated carbocycles. The molecule has 11 heavy (non-hydrogen) atoms. The number of carbonyl (C=O) groups excluding carboxylic acids is 1. The van der Waals surface area contributed by atoms with Crippen LogP contribution in [0.3, 0.4) is 0 Å². The molecule has 0 aliphatic carbocycles. The van der Waals surface area contributed by atoms with Crippen LogP contribution in [0.5, 0.6) is 0 Å². The molecule has 0 amide bonds. The molecule has 1 aromatic carbocycles. The zero-order chi connectivity index (χ0) is 7.56. The molecule has 0 spiro atoms. The first kappa shape index (κ1) is 10.9. The van der Waals surface area contributed by atoms with E-state index in [4.69, 9.17) is 0 Å². The number of aryl methyl sites for hydroxylation is 1. The summed E-state index contributed by atoms with van der Waals surface area (Å²) in [6.45, 7) is 1.76. The van der Waals surface area contributed by atoms with Gasteiger partial charge in [-0.3, -0.25) is 4.39 Å². The van der Waals surface area contributed by atoms with Gasteiger partial charge in [0.15, 0.2) is 0 Å². The molecule has 0 bridgehead atoms. The van der Waals surface area contributed by atoms with E-state index >= 15 is 0 Å². The van der Waals surface area contributed by atoms with Crippen molar-refractivity contribution in [1.29, 1.82) is 0 Å². The molecular formula is C8H6FOY+2. The average Bonchev–Trinajstić information content (AvgIpc) is 1.94. The Balaban J connectivity index is 0.000001000. The Morgan fingerprint density at radius 2 is 2.18 bits per heavy atom. The van der Waals surface area contributed by atoms with Crippen LogP contribution in [0.4, 0.5) is 4.39 Å². The molecule has 1 aromatic rings. The van der Waals surface area contributed by atoms with E-state index < -0.39 is 5.82 Å². The number of aldehydes is 1. The van der Waals surface area contributed by atoms with Gasteiger partial charge in [-0.1, -0.05) is 12.5 Å². The van der Waals surface area contributed by atoms with Gasteiger partial charge in [0.25, 0.3) is 0 Å². The number of hydrogen-bond acceptors (Lipinski definition) is 1. The maximum absolute atomic E-state index is 12.5. The zero-order valence-corrected chi connectivity index (χ0v) is 8.93. The average molecular weight is 226 g/mol. The van der Waals surface area contributed by atoms with Gasteiger partial charge in [0.05, 0.1) is 6.29 Å². The standard InChI is InChI=1S/C8H6FO.Y/c1-6-2-3-8(9)7(4-6)5-10;/h2-3,5H,1H3;/q-1;+3. The summed E-state index contributed by atoms with van der Waals surface area (Å²) >= 11 is 0. The Labute approximate surface area is 89.9 Å². The Bertz CT molecular complexity index is 260. The van der Waals surface area contributed by atoms with Crippen molar-refractivity contribution < 1.29 is 41.9 Å². The van der Waals surface area contributed by atoms with Crippen molar-refractivity contribution in [1.82, 2.24) is 0 Å². The second kappa shape index (κ2) is 4.73. The number of halogens is 1. The van der Waals surface area contributed by atoms with Crippen LogP contribution in [0.25, 0.3) is 0 Å². The van der Waals surface area contributed by atoms with Crippen molar-refractivity contribution in [2.24, 2.45) is 0 Å². The van der Waals surface area contributed by atoms with E-state index in [1.165, 1.54) is 6.07 Å². The monoisotopic (exact) mass is 226 g/mol. The molecule has 0 fully saturated rings. The maximum Gasteiger partial charge on any atom is 3.00 e. The Hall–Kier alpha value is -0.0761. The van der Waals surface area contributed by atoms with E-state index in [2.05, 4.69) is 6.07 Å². The van der Waals surface area contributed by atoms with Crippen LogP contribution in [0.1, 0.15) is 15.9 Å². The maximum atomic E-state index is 12.5. The first-order valence-electron chi connectivity index (χ1n) is 2.87. The van der Waals surface area contributed by atoms with Crippen molar-refractivity contribution >= 4 is 6.29 Å². The summed E-state index contributed by atoms with van der Waals surface area (Å²) in [5.41, 5.74) is 0.767. The Morgan fingerprint density at radius 1 is 1.55 bits per heavy atom. The number of benzene rings is 1. The summed E-state index contributed by atoms with van der Waals surface area (Å²) in [6, 6.07) is 5.41. The largest absolute Gasteiger partial charge is 3.00 e. The minimum atomic E-state index is -0.513. The van der Waals surface area contributed by atoms with E-state index in [0.717, 1.165) is 5.56 Å². The second-order valence-corrected chi connectivity index (χ2v) is 2.02. The third-order valence-corrected chi connectivity index (χ3v) is 1.19. The Morgan fingerprint density at radius 3 is 2.64 bits per heavy atom. The predicted octanol–water partition coefficient (Wildman–Crippen LogP) is 1.74. The van der Waals surface area contributed by atoms with Gasteiger partial charge in [-0.25, -0.2) is 0 Å². The minimum absolute atomic E-state index is 0. The second-order valence-electron chi connectivity index (χ2n) is 2.02. The van der Waals surface area contributed by atoms with Crippen LogP contribution >= 0.6 is 0 Å².